The molecule has 0 atom stereocenters. The maximum absolute atomic E-state index is 6.10. The van der Waals surface area contributed by atoms with Gasteiger partial charge in [-0.2, -0.15) is 22.9 Å². The van der Waals surface area contributed by atoms with Gasteiger partial charge in [0.25, 0.3) is 0 Å². The fraction of sp³-hybridized carbons (Fsp3) is 0.0769. The molecule has 0 aromatic heterocycles. The average Bonchev–Trinajstić information content (AvgIpc) is 2.63. The molecule has 0 saturated carbocycles. The summed E-state index contributed by atoms with van der Waals surface area (Å²) in [5.41, 5.74) is 4.59. The maximum atomic E-state index is 6.10. The molecule has 3 heteroatoms. The van der Waals surface area contributed by atoms with E-state index in [1.807, 2.05) is 12.1 Å². The van der Waals surface area contributed by atoms with E-state index < -0.39 is 5.54 Å². The van der Waals surface area contributed by atoms with Gasteiger partial charge >= 0.3 is 5.54 Å². The zero-order valence-corrected chi connectivity index (χ0v) is 10.0. The zero-order valence-electron chi connectivity index (χ0n) is 8.53. The van der Waals surface area contributed by atoms with Crippen molar-refractivity contribution in [1.82, 2.24) is 0 Å². The fourth-order valence-electron chi connectivity index (χ4n) is 2.47. The van der Waals surface area contributed by atoms with Gasteiger partial charge in [0.2, 0.25) is 0 Å². The zero-order chi connectivity index (χ0) is 11.1. The minimum Gasteiger partial charge on any atom is -0.170 e. The van der Waals surface area contributed by atoms with Crippen molar-refractivity contribution in [3.05, 3.63) is 59.7 Å². The van der Waals surface area contributed by atoms with Gasteiger partial charge in [-0.3, -0.25) is 0 Å². The molecule has 0 amide bonds. The van der Waals surface area contributed by atoms with Crippen LogP contribution in [0.1, 0.15) is 16.9 Å². The first-order chi connectivity index (χ1) is 7.79. The van der Waals surface area contributed by atoms with E-state index in [1.165, 1.54) is 22.3 Å². The van der Waals surface area contributed by atoms with Crippen LogP contribution >= 0.6 is 22.9 Å². The van der Waals surface area contributed by atoms with E-state index in [2.05, 4.69) is 36.4 Å². The summed E-state index contributed by atoms with van der Waals surface area (Å²) in [6.07, 6.45) is 0. The van der Waals surface area contributed by atoms with Gasteiger partial charge in [-0.1, -0.05) is 48.5 Å². The lowest BCUT2D eigenvalue weighted by Crippen LogP contribution is -2.09. The van der Waals surface area contributed by atoms with Crippen LogP contribution < -0.4 is 0 Å². The lowest BCUT2D eigenvalue weighted by atomic mass is 9.77. The molecule has 0 radical (unpaired) electrons. The summed E-state index contributed by atoms with van der Waals surface area (Å²) in [5, 5.41) is 0. The third-order valence-corrected chi connectivity index (χ3v) is 3.64. The Morgan fingerprint density at radius 3 is 1.62 bits per heavy atom. The van der Waals surface area contributed by atoms with Gasteiger partial charge in [0.1, 0.15) is 0 Å². The van der Waals surface area contributed by atoms with Gasteiger partial charge in [0.05, 0.1) is 0 Å². The van der Waals surface area contributed by atoms with Crippen LogP contribution in [0.3, 0.4) is 0 Å². The van der Waals surface area contributed by atoms with Crippen molar-refractivity contribution < 1.29 is 0 Å². The summed E-state index contributed by atoms with van der Waals surface area (Å²) in [7, 11) is 0. The van der Waals surface area contributed by atoms with Crippen LogP contribution in [0.15, 0.2) is 48.5 Å². The van der Waals surface area contributed by atoms with E-state index in [0.29, 0.717) is 0 Å². The fourth-order valence-corrected chi connectivity index (χ4v) is 3.01. The Hall–Kier alpha value is -0.915. The first-order valence-electron chi connectivity index (χ1n) is 5.25. The van der Waals surface area contributed by atoms with E-state index in [9.17, 15) is 0 Å². The van der Waals surface area contributed by atoms with Gasteiger partial charge in [-0.15, -0.1) is 0 Å². The highest BCUT2D eigenvalue weighted by molar-refractivity contribution is 7.34. The van der Waals surface area contributed by atoms with E-state index in [4.69, 9.17) is 22.9 Å². The molecule has 78 valence electrons. The summed E-state index contributed by atoms with van der Waals surface area (Å²) >= 11 is 12.2. The van der Waals surface area contributed by atoms with Gasteiger partial charge in [-0.05, 0) is 22.3 Å². The Morgan fingerprint density at radius 1 is 0.750 bits per heavy atom. The summed E-state index contributed by atoms with van der Waals surface area (Å²) in [6.45, 7) is 0. The molecule has 0 unspecified atom stereocenters. The molecule has 0 heterocycles. The predicted octanol–water partition coefficient (Wildman–Crippen LogP) is 4.30. The highest BCUT2D eigenvalue weighted by atomic mass is 35.5. The minimum absolute atomic E-state index is 0.107. The van der Waals surface area contributed by atoms with Crippen LogP contribution in [0, 0.1) is 0 Å². The second kappa shape index (κ2) is 3.83. The third kappa shape index (κ3) is 1.39. The van der Waals surface area contributed by atoms with Crippen LogP contribution in [0.2, 0.25) is 0 Å². The van der Waals surface area contributed by atoms with E-state index in [1.54, 1.807) is 0 Å². The highest BCUT2D eigenvalue weighted by Crippen LogP contribution is 2.46. The molecule has 0 N–H and O–H groups in total. The second-order valence-electron chi connectivity index (χ2n) is 3.99. The first-order valence-corrected chi connectivity index (χ1v) is 6.12. The number of fused-ring (bicyclic) bond motifs is 3. The quantitative estimate of drug-likeness (QED) is 0.658. The first kappa shape index (κ1) is 10.3. The number of hydrogen-bond acceptors (Lipinski definition) is 0. The lowest BCUT2D eigenvalue weighted by Gasteiger charge is -2.11. The molecule has 3 rings (SSSR count). The molecule has 0 fully saturated rings. The van der Waals surface area contributed by atoms with E-state index >= 15 is 0 Å². The molecule has 0 aliphatic heterocycles. The van der Waals surface area contributed by atoms with Gasteiger partial charge < -0.3 is 0 Å². The molecule has 2 aromatic rings. The predicted molar refractivity (Wildman–Crippen MR) is 71.2 cm³/mol. The number of rotatable bonds is 1. The highest BCUT2D eigenvalue weighted by Gasteiger charge is 2.34. The standard InChI is InChI=1S/C13H9BCl2/c15-14(16)13-11-7-3-1-5-9(11)10-6-2-4-8-12(10)13/h1-8,13H. The molecule has 1 aliphatic carbocycles. The SMILES string of the molecule is ClB(Cl)C1c2ccccc2-c2ccccc21. The van der Waals surface area contributed by atoms with Crippen molar-refractivity contribution in [2.45, 2.75) is 5.82 Å². The largest absolute Gasteiger partial charge is 0.363 e. The number of benzene rings is 2. The summed E-state index contributed by atoms with van der Waals surface area (Å²) in [6, 6.07) is 16.6. The average molecular weight is 247 g/mol. The molecule has 0 saturated heterocycles. The van der Waals surface area contributed by atoms with Crippen LogP contribution in [0.25, 0.3) is 11.1 Å². The topological polar surface area (TPSA) is 0 Å². The van der Waals surface area contributed by atoms with Crippen LogP contribution in [-0.2, 0) is 0 Å². The Bertz CT molecular complexity index is 491. The molecule has 0 bridgehead atoms. The van der Waals surface area contributed by atoms with Gasteiger partial charge in [0.15, 0.2) is 0 Å². The van der Waals surface area contributed by atoms with E-state index in [-0.39, 0.29) is 5.82 Å². The molecular formula is C13H9BCl2. The van der Waals surface area contributed by atoms with Gasteiger partial charge in [0, 0.05) is 5.82 Å². The van der Waals surface area contributed by atoms with Crippen molar-refractivity contribution in [2.24, 2.45) is 0 Å². The normalized spacial score (nSPS) is 13.4. The summed E-state index contributed by atoms with van der Waals surface area (Å²) in [5.74, 6) is 0.107. The maximum Gasteiger partial charge on any atom is 0.363 e. The minimum atomic E-state index is -0.398. The van der Waals surface area contributed by atoms with Crippen LogP contribution in [-0.4, -0.2) is 5.54 Å². The molecule has 2 aromatic carbocycles. The van der Waals surface area contributed by atoms with Crippen LogP contribution in [0.5, 0.6) is 0 Å². The van der Waals surface area contributed by atoms with Crippen LogP contribution in [0.4, 0.5) is 0 Å². The molecule has 0 nitrogen and oxygen atoms in total. The molecule has 1 aliphatic rings. The Labute approximate surface area is 105 Å². The van der Waals surface area contributed by atoms with Crippen molar-refractivity contribution in [1.29, 1.82) is 0 Å². The number of halogens is 2. The Morgan fingerprint density at radius 2 is 1.19 bits per heavy atom. The molecular weight excluding hydrogens is 238 g/mol. The lowest BCUT2D eigenvalue weighted by molar-refractivity contribution is 1.19. The smallest absolute Gasteiger partial charge is 0.170 e. The summed E-state index contributed by atoms with van der Waals surface area (Å²) < 4.78 is 0. The van der Waals surface area contributed by atoms with Crippen molar-refractivity contribution in [3.63, 3.8) is 0 Å². The molecule has 0 spiro atoms. The van der Waals surface area contributed by atoms with E-state index in [0.717, 1.165) is 0 Å². The Kier molecular flexibility index (Phi) is 2.46. The monoisotopic (exact) mass is 246 g/mol. The number of hydrogen-bond donors (Lipinski definition) is 0. The second-order valence-corrected chi connectivity index (χ2v) is 5.15. The van der Waals surface area contributed by atoms with Crippen molar-refractivity contribution >= 4 is 28.5 Å². The molecule has 16 heavy (non-hydrogen) atoms. The third-order valence-electron chi connectivity index (χ3n) is 3.13. The Balaban J connectivity index is 2.30. The van der Waals surface area contributed by atoms with Gasteiger partial charge in [-0.25, -0.2) is 0 Å². The van der Waals surface area contributed by atoms with Crippen molar-refractivity contribution in [3.8, 4) is 11.1 Å². The van der Waals surface area contributed by atoms with Crippen molar-refractivity contribution in [2.75, 3.05) is 0 Å². The summed E-state index contributed by atoms with van der Waals surface area (Å²) in [4.78, 5) is 0.